The van der Waals surface area contributed by atoms with E-state index in [9.17, 15) is 0 Å². The fraction of sp³-hybridized carbons (Fsp3) is 0.111. The summed E-state index contributed by atoms with van der Waals surface area (Å²) in [5.41, 5.74) is 0. The van der Waals surface area contributed by atoms with Crippen LogP contribution in [0.2, 0.25) is 0 Å². The van der Waals surface area contributed by atoms with Crippen molar-refractivity contribution < 1.29 is 0 Å². The Morgan fingerprint density at radius 1 is 1.60 bits per heavy atom. The van der Waals surface area contributed by atoms with Gasteiger partial charge in [0.05, 0.1) is 4.88 Å². The highest BCUT2D eigenvalue weighted by Crippen LogP contribution is 2.15. The quantitative estimate of drug-likeness (QED) is 0.537. The third-order valence-corrected chi connectivity index (χ3v) is 2.07. The molecule has 50 valence electrons. The molecule has 0 fully saturated rings. The summed E-state index contributed by atoms with van der Waals surface area (Å²) >= 11 is 1.67. The maximum absolute atomic E-state index is 3.67. The fourth-order valence-corrected chi connectivity index (χ4v) is 1.42. The van der Waals surface area contributed by atoms with E-state index in [0.29, 0.717) is 0 Å². The van der Waals surface area contributed by atoms with Gasteiger partial charge in [-0.2, -0.15) is 0 Å². The van der Waals surface area contributed by atoms with Crippen LogP contribution in [-0.2, 0) is 0 Å². The molecule has 0 aliphatic heterocycles. The summed E-state index contributed by atoms with van der Waals surface area (Å²) in [5, 5.41) is 0. The molecular formula is C9H8S. The second-order valence-corrected chi connectivity index (χ2v) is 2.90. The van der Waals surface area contributed by atoms with Crippen LogP contribution in [-0.4, -0.2) is 0 Å². The second kappa shape index (κ2) is 3.24. The van der Waals surface area contributed by atoms with Crippen molar-refractivity contribution in [3.8, 4) is 11.8 Å². The summed E-state index contributed by atoms with van der Waals surface area (Å²) in [6.07, 6.45) is 1.84. The predicted octanol–water partition coefficient (Wildman–Crippen LogP) is 2.76. The van der Waals surface area contributed by atoms with Crippen LogP contribution in [0.15, 0.2) is 18.7 Å². The summed E-state index contributed by atoms with van der Waals surface area (Å²) in [6, 6.07) is 4.04. The summed E-state index contributed by atoms with van der Waals surface area (Å²) < 4.78 is 0. The first-order chi connectivity index (χ1) is 4.86. The van der Waals surface area contributed by atoms with Gasteiger partial charge in [-0.15, -0.1) is 17.3 Å². The molecule has 0 saturated carbocycles. The lowest BCUT2D eigenvalue weighted by atomic mass is 10.4. The summed E-state index contributed by atoms with van der Waals surface area (Å²) in [4.78, 5) is 2.29. The van der Waals surface area contributed by atoms with Crippen molar-refractivity contribution in [3.63, 3.8) is 0 Å². The van der Waals surface area contributed by atoms with E-state index in [1.165, 1.54) is 4.88 Å². The number of thiophene rings is 1. The van der Waals surface area contributed by atoms with E-state index in [0.717, 1.165) is 4.88 Å². The van der Waals surface area contributed by atoms with Crippen molar-refractivity contribution in [2.75, 3.05) is 0 Å². The molecule has 1 heteroatoms. The molecule has 0 spiro atoms. The third-order valence-electron chi connectivity index (χ3n) is 1.08. The molecule has 10 heavy (non-hydrogen) atoms. The maximum Gasteiger partial charge on any atom is 0.0774 e. The molecule has 1 aromatic heterocycles. The molecule has 1 aromatic rings. The van der Waals surface area contributed by atoms with Crippen molar-refractivity contribution in [2.45, 2.75) is 6.92 Å². The molecule has 0 aliphatic rings. The minimum atomic E-state index is 1.11. The Kier molecular flexibility index (Phi) is 2.30. The first-order valence-electron chi connectivity index (χ1n) is 3.02. The van der Waals surface area contributed by atoms with E-state index in [1.54, 1.807) is 11.3 Å². The lowest BCUT2D eigenvalue weighted by Gasteiger charge is -1.75. The molecule has 1 heterocycles. The predicted molar refractivity (Wildman–Crippen MR) is 47.0 cm³/mol. The summed E-state index contributed by atoms with van der Waals surface area (Å²) in [6.45, 7) is 5.51. The molecule has 0 atom stereocenters. The molecule has 0 radical (unpaired) electrons. The molecule has 0 nitrogen and oxygen atoms in total. The van der Waals surface area contributed by atoms with Gasteiger partial charge in [0.15, 0.2) is 0 Å². The smallest absolute Gasteiger partial charge is 0.0774 e. The number of rotatable bonds is 1. The highest BCUT2D eigenvalue weighted by atomic mass is 32.1. The van der Waals surface area contributed by atoms with Crippen LogP contribution in [0.5, 0.6) is 0 Å². The Balaban J connectivity index is 2.95. The van der Waals surface area contributed by atoms with Gasteiger partial charge < -0.3 is 0 Å². The molecule has 0 bridgehead atoms. The van der Waals surface area contributed by atoms with E-state index in [4.69, 9.17) is 0 Å². The molecule has 0 amide bonds. The van der Waals surface area contributed by atoms with Crippen LogP contribution in [0, 0.1) is 11.8 Å². The molecule has 1 rings (SSSR count). The van der Waals surface area contributed by atoms with Crippen LogP contribution in [0.3, 0.4) is 0 Å². The average Bonchev–Trinajstić information content (AvgIpc) is 2.37. The maximum atomic E-state index is 3.67. The highest BCUT2D eigenvalue weighted by molar-refractivity contribution is 7.13. The van der Waals surface area contributed by atoms with Crippen LogP contribution < -0.4 is 0 Å². The van der Waals surface area contributed by atoms with Crippen LogP contribution in [0.1, 0.15) is 16.7 Å². The topological polar surface area (TPSA) is 0 Å². The van der Waals surface area contributed by atoms with Crippen LogP contribution >= 0.6 is 11.3 Å². The summed E-state index contributed by atoms with van der Waals surface area (Å²) in [7, 11) is 0. The van der Waals surface area contributed by atoms with E-state index >= 15 is 0 Å². The monoisotopic (exact) mass is 148 g/mol. The van der Waals surface area contributed by atoms with Gasteiger partial charge in [-0.1, -0.05) is 18.6 Å². The molecular weight excluding hydrogens is 140 g/mol. The molecule has 0 saturated heterocycles. The van der Waals surface area contributed by atoms with Gasteiger partial charge >= 0.3 is 0 Å². The van der Waals surface area contributed by atoms with Gasteiger partial charge in [0, 0.05) is 4.88 Å². The molecule has 0 N–H and O–H groups in total. The molecule has 0 unspecified atom stereocenters. The SMILES string of the molecule is C=Cc1ccc(C#CC)s1. The lowest BCUT2D eigenvalue weighted by Crippen LogP contribution is -1.54. The zero-order chi connectivity index (χ0) is 7.40. The van der Waals surface area contributed by atoms with Crippen molar-refractivity contribution in [3.05, 3.63) is 28.5 Å². The largest absolute Gasteiger partial charge is 0.127 e. The highest BCUT2D eigenvalue weighted by Gasteiger charge is 1.90. The van der Waals surface area contributed by atoms with Crippen LogP contribution in [0.4, 0.5) is 0 Å². The minimum Gasteiger partial charge on any atom is -0.127 e. The van der Waals surface area contributed by atoms with Gasteiger partial charge in [0.2, 0.25) is 0 Å². The van der Waals surface area contributed by atoms with Gasteiger partial charge in [-0.3, -0.25) is 0 Å². The zero-order valence-electron chi connectivity index (χ0n) is 5.85. The van der Waals surface area contributed by atoms with E-state index in [-0.39, 0.29) is 0 Å². The lowest BCUT2D eigenvalue weighted by molar-refractivity contribution is 1.86. The normalized spacial score (nSPS) is 8.10. The standard InChI is InChI=1S/C9H8S/c1-3-5-9-7-6-8(4-2)10-9/h4,6-7H,2H2,1H3. The van der Waals surface area contributed by atoms with Crippen molar-refractivity contribution in [1.82, 2.24) is 0 Å². The van der Waals surface area contributed by atoms with E-state index < -0.39 is 0 Å². The van der Waals surface area contributed by atoms with Crippen molar-refractivity contribution in [1.29, 1.82) is 0 Å². The second-order valence-electron chi connectivity index (χ2n) is 1.78. The zero-order valence-corrected chi connectivity index (χ0v) is 6.66. The summed E-state index contributed by atoms with van der Waals surface area (Å²) in [5.74, 6) is 5.83. The first kappa shape index (κ1) is 7.11. The molecule has 0 aromatic carbocycles. The fourth-order valence-electron chi connectivity index (χ4n) is 0.653. The Bertz CT molecular complexity index is 283. The Morgan fingerprint density at radius 2 is 2.40 bits per heavy atom. The van der Waals surface area contributed by atoms with Gasteiger partial charge in [-0.05, 0) is 19.1 Å². The van der Waals surface area contributed by atoms with Crippen molar-refractivity contribution in [2.24, 2.45) is 0 Å². The van der Waals surface area contributed by atoms with E-state index in [1.807, 2.05) is 25.1 Å². The molecule has 0 aliphatic carbocycles. The Morgan fingerprint density at radius 3 is 2.90 bits per heavy atom. The Labute approximate surface area is 65.2 Å². The number of hydrogen-bond acceptors (Lipinski definition) is 1. The third kappa shape index (κ3) is 1.49. The van der Waals surface area contributed by atoms with Gasteiger partial charge in [0.25, 0.3) is 0 Å². The minimum absolute atomic E-state index is 1.11. The van der Waals surface area contributed by atoms with Crippen LogP contribution in [0.25, 0.3) is 6.08 Å². The Hall–Kier alpha value is -1.00. The van der Waals surface area contributed by atoms with E-state index in [2.05, 4.69) is 18.4 Å². The van der Waals surface area contributed by atoms with Gasteiger partial charge in [-0.25, -0.2) is 0 Å². The van der Waals surface area contributed by atoms with Gasteiger partial charge in [0.1, 0.15) is 0 Å². The average molecular weight is 148 g/mol. The first-order valence-corrected chi connectivity index (χ1v) is 3.83. The number of hydrogen-bond donors (Lipinski definition) is 0. The van der Waals surface area contributed by atoms with Crippen molar-refractivity contribution >= 4 is 17.4 Å².